The van der Waals surface area contributed by atoms with Gasteiger partial charge in [-0.25, -0.2) is 10.2 Å². The maximum atomic E-state index is 12.5. The van der Waals surface area contributed by atoms with Gasteiger partial charge < -0.3 is 4.74 Å². The van der Waals surface area contributed by atoms with Crippen molar-refractivity contribution in [2.24, 2.45) is 5.10 Å². The van der Waals surface area contributed by atoms with Crippen molar-refractivity contribution in [1.29, 1.82) is 0 Å². The Morgan fingerprint density at radius 3 is 2.25 bits per heavy atom. The number of para-hydroxylation sites is 1. The molecule has 5 rings (SSSR count). The molecule has 8 nitrogen and oxygen atoms in total. The largest absolute Gasteiger partial charge is 0.423 e. The summed E-state index contributed by atoms with van der Waals surface area (Å²) in [5, 5.41) is 13.4. The summed E-state index contributed by atoms with van der Waals surface area (Å²) in [5.74, 6) is 0.505. The van der Waals surface area contributed by atoms with Gasteiger partial charge in [0.05, 0.1) is 17.5 Å². The molecular formula is C31H25N5O3S. The fourth-order valence-corrected chi connectivity index (χ4v) is 4.51. The molecule has 40 heavy (non-hydrogen) atoms. The van der Waals surface area contributed by atoms with E-state index >= 15 is 0 Å². The number of rotatable bonds is 9. The number of amides is 1. The molecule has 0 spiro atoms. The third-order valence-corrected chi connectivity index (χ3v) is 6.72. The average Bonchev–Trinajstić information content (AvgIpc) is 3.42. The maximum Gasteiger partial charge on any atom is 0.343 e. The molecule has 5 aromatic rings. The molecule has 0 aliphatic carbocycles. The maximum absolute atomic E-state index is 12.5. The number of hydrazone groups is 1. The molecule has 0 atom stereocenters. The van der Waals surface area contributed by atoms with Crippen LogP contribution in [0.25, 0.3) is 17.1 Å². The van der Waals surface area contributed by atoms with Crippen LogP contribution in [0.4, 0.5) is 0 Å². The van der Waals surface area contributed by atoms with Crippen molar-refractivity contribution < 1.29 is 14.3 Å². The van der Waals surface area contributed by atoms with Gasteiger partial charge in [-0.15, -0.1) is 10.2 Å². The number of ether oxygens (including phenoxy) is 1. The van der Waals surface area contributed by atoms with E-state index in [2.05, 4.69) is 20.7 Å². The number of esters is 1. The highest BCUT2D eigenvalue weighted by Gasteiger charge is 2.17. The lowest BCUT2D eigenvalue weighted by Crippen LogP contribution is -2.20. The van der Waals surface area contributed by atoms with Crippen LogP contribution in [0.1, 0.15) is 21.5 Å². The number of nitrogens with zero attached hydrogens (tertiary/aromatic N) is 4. The first-order valence-corrected chi connectivity index (χ1v) is 13.5. The predicted molar refractivity (Wildman–Crippen MR) is 156 cm³/mol. The molecule has 0 saturated carbocycles. The molecule has 1 N–H and O–H groups in total. The molecule has 1 heterocycles. The Hall–Kier alpha value is -5.02. The first-order chi connectivity index (χ1) is 19.6. The summed E-state index contributed by atoms with van der Waals surface area (Å²) in [7, 11) is 0. The zero-order valence-electron chi connectivity index (χ0n) is 21.6. The average molecular weight is 548 g/mol. The van der Waals surface area contributed by atoms with Gasteiger partial charge in [0.25, 0.3) is 5.91 Å². The molecule has 0 aliphatic heterocycles. The van der Waals surface area contributed by atoms with Crippen LogP contribution in [0.3, 0.4) is 0 Å². The van der Waals surface area contributed by atoms with Crippen molar-refractivity contribution in [3.63, 3.8) is 0 Å². The van der Waals surface area contributed by atoms with Crippen molar-refractivity contribution in [2.45, 2.75) is 12.1 Å². The van der Waals surface area contributed by atoms with E-state index in [0.717, 1.165) is 22.4 Å². The van der Waals surface area contributed by atoms with Gasteiger partial charge in [-0.2, -0.15) is 5.10 Å². The van der Waals surface area contributed by atoms with E-state index in [1.165, 1.54) is 18.0 Å². The van der Waals surface area contributed by atoms with E-state index in [1.807, 2.05) is 84.3 Å². The third kappa shape index (κ3) is 6.69. The first kappa shape index (κ1) is 26.6. The first-order valence-electron chi connectivity index (χ1n) is 12.5. The van der Waals surface area contributed by atoms with Crippen molar-refractivity contribution in [2.75, 3.05) is 5.75 Å². The summed E-state index contributed by atoms with van der Waals surface area (Å²) in [4.78, 5) is 24.8. The fourth-order valence-electron chi connectivity index (χ4n) is 3.77. The summed E-state index contributed by atoms with van der Waals surface area (Å²) in [6.07, 6.45) is 1.52. The number of thioether (sulfide) groups is 1. The Morgan fingerprint density at radius 1 is 0.875 bits per heavy atom. The highest BCUT2D eigenvalue weighted by atomic mass is 32.2. The molecule has 0 unspecified atom stereocenters. The van der Waals surface area contributed by atoms with Gasteiger partial charge in [-0.05, 0) is 61.0 Å². The van der Waals surface area contributed by atoms with Crippen LogP contribution < -0.4 is 10.2 Å². The van der Waals surface area contributed by atoms with Crippen LogP contribution in [0.15, 0.2) is 119 Å². The topological polar surface area (TPSA) is 98.5 Å². The second-order valence-corrected chi connectivity index (χ2v) is 9.69. The van der Waals surface area contributed by atoms with Gasteiger partial charge in [-0.3, -0.25) is 9.36 Å². The molecule has 0 bridgehead atoms. The van der Waals surface area contributed by atoms with Crippen LogP contribution in [-0.4, -0.2) is 38.6 Å². The normalized spacial score (nSPS) is 10.9. The van der Waals surface area contributed by atoms with Crippen molar-refractivity contribution >= 4 is 29.9 Å². The quantitative estimate of drug-likeness (QED) is 0.0835. The van der Waals surface area contributed by atoms with Crippen LogP contribution in [0.2, 0.25) is 0 Å². The Bertz CT molecular complexity index is 1620. The summed E-state index contributed by atoms with van der Waals surface area (Å²) in [6, 6.07) is 33.6. The lowest BCUT2D eigenvalue weighted by atomic mass is 10.1. The van der Waals surface area contributed by atoms with E-state index in [9.17, 15) is 9.59 Å². The molecule has 198 valence electrons. The molecule has 1 aromatic heterocycles. The van der Waals surface area contributed by atoms with E-state index in [1.54, 1.807) is 36.4 Å². The highest BCUT2D eigenvalue weighted by molar-refractivity contribution is 7.99. The zero-order chi connectivity index (χ0) is 27.7. The van der Waals surface area contributed by atoms with Gasteiger partial charge >= 0.3 is 5.97 Å². The third-order valence-electron chi connectivity index (χ3n) is 5.79. The van der Waals surface area contributed by atoms with Crippen LogP contribution in [0, 0.1) is 6.92 Å². The Kier molecular flexibility index (Phi) is 8.43. The molecule has 9 heteroatoms. The van der Waals surface area contributed by atoms with Crippen molar-refractivity contribution in [1.82, 2.24) is 20.2 Å². The van der Waals surface area contributed by atoms with Gasteiger partial charge in [0.1, 0.15) is 5.75 Å². The van der Waals surface area contributed by atoms with Crippen LogP contribution in [0.5, 0.6) is 5.75 Å². The lowest BCUT2D eigenvalue weighted by Gasteiger charge is -2.10. The standard InChI is InChI=1S/C31H25N5O3S/c1-22-12-16-25(17-13-22)30(38)39-27-18-14-23(15-19-27)20-32-33-28(37)21-40-31-35-34-29(24-8-4-2-5-9-24)36(31)26-10-6-3-7-11-26/h2-20H,21H2,1H3,(H,33,37)/b32-20+. The van der Waals surface area contributed by atoms with Gasteiger partial charge in [0.15, 0.2) is 11.0 Å². The highest BCUT2D eigenvalue weighted by Crippen LogP contribution is 2.27. The summed E-state index contributed by atoms with van der Waals surface area (Å²) >= 11 is 1.27. The van der Waals surface area contributed by atoms with Crippen molar-refractivity contribution in [3.8, 4) is 22.8 Å². The second-order valence-electron chi connectivity index (χ2n) is 8.75. The van der Waals surface area contributed by atoms with Crippen LogP contribution >= 0.6 is 11.8 Å². The fraction of sp³-hybridized carbons (Fsp3) is 0.0645. The molecule has 0 aliphatic rings. The minimum atomic E-state index is -0.426. The van der Waals surface area contributed by atoms with Gasteiger partial charge in [0, 0.05) is 11.3 Å². The van der Waals surface area contributed by atoms with Gasteiger partial charge in [-0.1, -0.05) is 78.0 Å². The number of carbonyl (C=O) groups excluding carboxylic acids is 2. The van der Waals surface area contributed by atoms with E-state index in [-0.39, 0.29) is 11.7 Å². The molecule has 1 amide bonds. The molecule has 0 fully saturated rings. The van der Waals surface area contributed by atoms with E-state index < -0.39 is 5.97 Å². The number of benzene rings is 4. The van der Waals surface area contributed by atoms with Crippen LogP contribution in [-0.2, 0) is 4.79 Å². The van der Waals surface area contributed by atoms with E-state index in [4.69, 9.17) is 4.74 Å². The molecule has 4 aromatic carbocycles. The minimum Gasteiger partial charge on any atom is -0.423 e. The smallest absolute Gasteiger partial charge is 0.343 e. The number of hydrogen-bond acceptors (Lipinski definition) is 7. The number of aryl methyl sites for hydroxylation is 1. The summed E-state index contributed by atoms with van der Waals surface area (Å²) in [5.41, 5.74) is 6.65. The SMILES string of the molecule is Cc1ccc(C(=O)Oc2ccc(/C=N/NC(=O)CSc3nnc(-c4ccccc4)n3-c3ccccc3)cc2)cc1. The molecule has 0 saturated heterocycles. The summed E-state index contributed by atoms with van der Waals surface area (Å²) < 4.78 is 7.35. The molecule has 0 radical (unpaired) electrons. The zero-order valence-corrected chi connectivity index (χ0v) is 22.4. The Labute approximate surface area is 235 Å². The number of nitrogens with one attached hydrogen (secondary N) is 1. The number of carbonyl (C=O) groups is 2. The Morgan fingerprint density at radius 2 is 1.55 bits per heavy atom. The minimum absolute atomic E-state index is 0.102. The predicted octanol–water partition coefficient (Wildman–Crippen LogP) is 5.70. The second kappa shape index (κ2) is 12.7. The van der Waals surface area contributed by atoms with E-state index in [0.29, 0.717) is 22.3 Å². The van der Waals surface area contributed by atoms with Gasteiger partial charge in [0.2, 0.25) is 0 Å². The van der Waals surface area contributed by atoms with Crippen molar-refractivity contribution in [3.05, 3.63) is 126 Å². The molecular weight excluding hydrogens is 522 g/mol. The Balaban J connectivity index is 1.17. The summed E-state index contributed by atoms with van der Waals surface area (Å²) in [6.45, 7) is 1.96. The number of aromatic nitrogens is 3. The lowest BCUT2D eigenvalue weighted by molar-refractivity contribution is -0.118. The monoisotopic (exact) mass is 547 g/mol. The number of hydrogen-bond donors (Lipinski definition) is 1.